The van der Waals surface area contributed by atoms with Crippen LogP contribution in [0.4, 0.5) is 0 Å². The van der Waals surface area contributed by atoms with E-state index in [1.54, 1.807) is 0 Å². The van der Waals surface area contributed by atoms with E-state index in [1.807, 2.05) is 12.1 Å². The molecule has 0 amide bonds. The molecule has 1 aliphatic rings. The highest BCUT2D eigenvalue weighted by Gasteiger charge is 2.14. The van der Waals surface area contributed by atoms with Gasteiger partial charge in [-0.3, -0.25) is 0 Å². The molecule has 2 aromatic carbocycles. The standard InChI is InChI=1S/C17H16Br2N2.BrH/c18-16-7-3-1-5-14(16)11-20-9-10-21(13-20)12-15-6-2-4-8-17(15)19;/h1-10H,11-13H2;1H. The molecule has 1 aliphatic heterocycles. The zero-order valence-electron chi connectivity index (χ0n) is 12.0. The second-order valence-electron chi connectivity index (χ2n) is 5.12. The van der Waals surface area contributed by atoms with E-state index in [9.17, 15) is 0 Å². The summed E-state index contributed by atoms with van der Waals surface area (Å²) in [5.74, 6) is 0. The van der Waals surface area contributed by atoms with Crippen LogP contribution in [0.1, 0.15) is 11.1 Å². The Kier molecular flexibility index (Phi) is 6.53. The molecular weight excluding hydrogens is 472 g/mol. The number of rotatable bonds is 4. The highest BCUT2D eigenvalue weighted by atomic mass is 79.9. The van der Waals surface area contributed by atoms with Crippen molar-refractivity contribution in [1.82, 2.24) is 9.80 Å². The van der Waals surface area contributed by atoms with Crippen LogP contribution in [0.5, 0.6) is 0 Å². The van der Waals surface area contributed by atoms with Crippen LogP contribution in [0, 0.1) is 0 Å². The van der Waals surface area contributed by atoms with Gasteiger partial charge in [-0.15, -0.1) is 17.0 Å². The first-order chi connectivity index (χ1) is 10.2. The summed E-state index contributed by atoms with van der Waals surface area (Å²) in [6.07, 6.45) is 4.33. The van der Waals surface area contributed by atoms with Crippen LogP contribution in [0.3, 0.4) is 0 Å². The molecule has 22 heavy (non-hydrogen) atoms. The zero-order chi connectivity index (χ0) is 14.7. The Morgan fingerprint density at radius 1 is 0.727 bits per heavy atom. The summed E-state index contributed by atoms with van der Waals surface area (Å²) >= 11 is 7.22. The van der Waals surface area contributed by atoms with Crippen molar-refractivity contribution in [3.8, 4) is 0 Å². The third-order valence-corrected chi connectivity index (χ3v) is 5.06. The van der Waals surface area contributed by atoms with E-state index in [4.69, 9.17) is 0 Å². The first kappa shape index (κ1) is 17.6. The topological polar surface area (TPSA) is 6.48 Å². The van der Waals surface area contributed by atoms with Gasteiger partial charge in [-0.25, -0.2) is 0 Å². The van der Waals surface area contributed by atoms with Gasteiger partial charge in [0.05, 0.1) is 6.67 Å². The van der Waals surface area contributed by atoms with Gasteiger partial charge in [0.25, 0.3) is 0 Å². The minimum absolute atomic E-state index is 0. The Morgan fingerprint density at radius 2 is 1.14 bits per heavy atom. The van der Waals surface area contributed by atoms with Crippen LogP contribution >= 0.6 is 48.8 Å². The van der Waals surface area contributed by atoms with E-state index in [1.165, 1.54) is 20.1 Å². The number of hydrogen-bond donors (Lipinski definition) is 0. The minimum atomic E-state index is 0. The van der Waals surface area contributed by atoms with Gasteiger partial charge in [0.15, 0.2) is 0 Å². The fourth-order valence-electron chi connectivity index (χ4n) is 2.41. The molecule has 0 unspecified atom stereocenters. The molecule has 3 rings (SSSR count). The van der Waals surface area contributed by atoms with Crippen LogP contribution in [0.25, 0.3) is 0 Å². The molecule has 5 heteroatoms. The molecule has 0 aliphatic carbocycles. The molecule has 0 saturated carbocycles. The Bertz CT molecular complexity index is 602. The van der Waals surface area contributed by atoms with Gasteiger partial charge < -0.3 is 9.80 Å². The van der Waals surface area contributed by atoms with E-state index in [2.05, 4.69) is 90.5 Å². The average Bonchev–Trinajstić information content (AvgIpc) is 2.91. The van der Waals surface area contributed by atoms with Gasteiger partial charge in [0.2, 0.25) is 0 Å². The molecule has 0 radical (unpaired) electrons. The molecule has 116 valence electrons. The van der Waals surface area contributed by atoms with Crippen LogP contribution < -0.4 is 0 Å². The summed E-state index contributed by atoms with van der Waals surface area (Å²) in [7, 11) is 0. The number of nitrogens with zero attached hydrogens (tertiary/aromatic N) is 2. The summed E-state index contributed by atoms with van der Waals surface area (Å²) < 4.78 is 2.34. The van der Waals surface area contributed by atoms with Crippen LogP contribution in [0.2, 0.25) is 0 Å². The minimum Gasteiger partial charge on any atom is -0.354 e. The first-order valence-corrected chi connectivity index (χ1v) is 8.44. The molecule has 0 spiro atoms. The van der Waals surface area contributed by atoms with Crippen molar-refractivity contribution in [3.05, 3.63) is 81.0 Å². The fourth-order valence-corrected chi connectivity index (χ4v) is 3.23. The maximum absolute atomic E-state index is 3.61. The molecule has 0 bridgehead atoms. The Labute approximate surface area is 158 Å². The van der Waals surface area contributed by atoms with E-state index < -0.39 is 0 Å². The van der Waals surface area contributed by atoms with Crippen molar-refractivity contribution >= 4 is 48.8 Å². The molecule has 0 fully saturated rings. The summed E-state index contributed by atoms with van der Waals surface area (Å²) in [6, 6.07) is 16.8. The predicted octanol–water partition coefficient (Wildman–Crippen LogP) is 5.54. The first-order valence-electron chi connectivity index (χ1n) is 6.85. The molecule has 0 atom stereocenters. The monoisotopic (exact) mass is 486 g/mol. The zero-order valence-corrected chi connectivity index (χ0v) is 16.8. The molecule has 0 saturated heterocycles. The maximum atomic E-state index is 3.61. The largest absolute Gasteiger partial charge is 0.354 e. The van der Waals surface area contributed by atoms with Gasteiger partial charge in [-0.05, 0) is 23.3 Å². The van der Waals surface area contributed by atoms with Crippen LogP contribution in [0.15, 0.2) is 69.9 Å². The lowest BCUT2D eigenvalue weighted by molar-refractivity contribution is 0.254. The lowest BCUT2D eigenvalue weighted by atomic mass is 10.2. The fraction of sp³-hybridized carbons (Fsp3) is 0.176. The van der Waals surface area contributed by atoms with Gasteiger partial charge in [0.1, 0.15) is 0 Å². The normalized spacial score (nSPS) is 13.4. The van der Waals surface area contributed by atoms with Gasteiger partial charge >= 0.3 is 0 Å². The molecular formula is C17H17Br3N2. The van der Waals surface area contributed by atoms with Crippen LogP contribution in [-0.4, -0.2) is 16.5 Å². The number of benzene rings is 2. The summed E-state index contributed by atoms with van der Waals surface area (Å²) in [5, 5.41) is 0. The van der Waals surface area contributed by atoms with Gasteiger partial charge in [-0.2, -0.15) is 0 Å². The highest BCUT2D eigenvalue weighted by molar-refractivity contribution is 9.10. The van der Waals surface area contributed by atoms with Crippen molar-refractivity contribution in [2.24, 2.45) is 0 Å². The third-order valence-electron chi connectivity index (χ3n) is 3.51. The van der Waals surface area contributed by atoms with Crippen molar-refractivity contribution in [1.29, 1.82) is 0 Å². The maximum Gasteiger partial charge on any atom is 0.0900 e. The molecule has 0 N–H and O–H groups in total. The van der Waals surface area contributed by atoms with Crippen molar-refractivity contribution in [2.45, 2.75) is 13.1 Å². The molecule has 1 heterocycles. The molecule has 2 aromatic rings. The van der Waals surface area contributed by atoms with E-state index in [0.717, 1.165) is 19.8 Å². The Balaban J connectivity index is 0.00000176. The second-order valence-corrected chi connectivity index (χ2v) is 6.82. The number of halogens is 3. The van der Waals surface area contributed by atoms with Crippen molar-refractivity contribution in [3.63, 3.8) is 0 Å². The average molecular weight is 489 g/mol. The Morgan fingerprint density at radius 3 is 1.55 bits per heavy atom. The van der Waals surface area contributed by atoms with Crippen molar-refractivity contribution in [2.75, 3.05) is 6.67 Å². The lowest BCUT2D eigenvalue weighted by Gasteiger charge is -2.22. The smallest absolute Gasteiger partial charge is 0.0900 e. The third kappa shape index (κ3) is 4.37. The van der Waals surface area contributed by atoms with Crippen LogP contribution in [-0.2, 0) is 13.1 Å². The van der Waals surface area contributed by atoms with E-state index in [-0.39, 0.29) is 17.0 Å². The van der Waals surface area contributed by atoms with Gasteiger partial charge in [-0.1, -0.05) is 68.3 Å². The summed E-state index contributed by atoms with van der Waals surface area (Å²) in [5.41, 5.74) is 2.62. The Hall–Kier alpha value is -0.780. The van der Waals surface area contributed by atoms with Gasteiger partial charge in [0, 0.05) is 34.4 Å². The lowest BCUT2D eigenvalue weighted by Crippen LogP contribution is -2.24. The SMILES string of the molecule is Br.Brc1ccccc1CN1C=CN(Cc2ccccc2Br)C1. The summed E-state index contributed by atoms with van der Waals surface area (Å²) in [4.78, 5) is 4.63. The van der Waals surface area contributed by atoms with Crippen molar-refractivity contribution < 1.29 is 0 Å². The molecule has 2 nitrogen and oxygen atoms in total. The highest BCUT2D eigenvalue weighted by Crippen LogP contribution is 2.22. The quantitative estimate of drug-likeness (QED) is 0.558. The van der Waals surface area contributed by atoms with E-state index >= 15 is 0 Å². The second kappa shape index (κ2) is 8.18. The summed E-state index contributed by atoms with van der Waals surface area (Å²) in [6.45, 7) is 2.76. The predicted molar refractivity (Wildman–Crippen MR) is 104 cm³/mol. The molecule has 0 aromatic heterocycles. The number of hydrogen-bond acceptors (Lipinski definition) is 2. The van der Waals surface area contributed by atoms with E-state index in [0.29, 0.717) is 0 Å².